The van der Waals surface area contributed by atoms with Crippen molar-refractivity contribution in [2.45, 2.75) is 12.5 Å². The van der Waals surface area contributed by atoms with E-state index in [1.807, 2.05) is 18.2 Å². The highest BCUT2D eigenvalue weighted by Gasteiger charge is 2.32. The normalized spacial score (nSPS) is 15.4. The molecule has 2 heterocycles. The lowest BCUT2D eigenvalue weighted by Crippen LogP contribution is -2.15. The van der Waals surface area contributed by atoms with Crippen LogP contribution in [0.3, 0.4) is 0 Å². The van der Waals surface area contributed by atoms with Crippen LogP contribution in [0.1, 0.15) is 28.4 Å². The first-order valence-corrected chi connectivity index (χ1v) is 8.04. The number of hydrogen-bond acceptors (Lipinski definition) is 6. The SMILES string of the molecule is Cn1nnnc1-c1cccc(NC(=O)C[C@H]2OC(=O)c3ccccc32)c1. The highest BCUT2D eigenvalue weighted by Crippen LogP contribution is 2.33. The number of esters is 1. The molecule has 0 saturated heterocycles. The van der Waals surface area contributed by atoms with Crippen LogP contribution in [-0.2, 0) is 16.6 Å². The van der Waals surface area contributed by atoms with E-state index in [-0.39, 0.29) is 12.3 Å². The average molecular weight is 349 g/mol. The number of carbonyl (C=O) groups is 2. The minimum Gasteiger partial charge on any atom is -0.453 e. The van der Waals surface area contributed by atoms with E-state index in [2.05, 4.69) is 20.8 Å². The Morgan fingerprint density at radius 2 is 2.08 bits per heavy atom. The van der Waals surface area contributed by atoms with Crippen LogP contribution in [0.5, 0.6) is 0 Å². The molecule has 1 N–H and O–H groups in total. The molecule has 0 spiro atoms. The van der Waals surface area contributed by atoms with E-state index in [1.54, 1.807) is 42.1 Å². The molecule has 1 amide bonds. The number of aromatic nitrogens is 4. The summed E-state index contributed by atoms with van der Waals surface area (Å²) in [7, 11) is 1.74. The summed E-state index contributed by atoms with van der Waals surface area (Å²) in [5.74, 6) is -0.0392. The number of hydrogen-bond donors (Lipinski definition) is 1. The third kappa shape index (κ3) is 2.92. The predicted molar refractivity (Wildman–Crippen MR) is 92.1 cm³/mol. The van der Waals surface area contributed by atoms with Gasteiger partial charge in [0.15, 0.2) is 5.82 Å². The Hall–Kier alpha value is -3.55. The second-order valence-electron chi connectivity index (χ2n) is 5.94. The summed E-state index contributed by atoms with van der Waals surface area (Å²) in [6, 6.07) is 14.3. The summed E-state index contributed by atoms with van der Waals surface area (Å²) in [4.78, 5) is 24.3. The molecule has 8 nitrogen and oxygen atoms in total. The lowest BCUT2D eigenvalue weighted by Gasteiger charge is -2.11. The van der Waals surface area contributed by atoms with E-state index >= 15 is 0 Å². The number of tetrazole rings is 1. The van der Waals surface area contributed by atoms with Gasteiger partial charge in [0.25, 0.3) is 0 Å². The summed E-state index contributed by atoms with van der Waals surface area (Å²) in [5, 5.41) is 14.2. The van der Waals surface area contributed by atoms with Gasteiger partial charge in [0.05, 0.1) is 12.0 Å². The van der Waals surface area contributed by atoms with Crippen molar-refractivity contribution >= 4 is 17.6 Å². The van der Waals surface area contributed by atoms with E-state index in [9.17, 15) is 9.59 Å². The zero-order valence-corrected chi connectivity index (χ0v) is 13.9. The van der Waals surface area contributed by atoms with E-state index in [4.69, 9.17) is 4.74 Å². The Balaban J connectivity index is 1.48. The molecule has 26 heavy (non-hydrogen) atoms. The lowest BCUT2D eigenvalue weighted by atomic mass is 10.0. The molecular formula is C18H15N5O3. The van der Waals surface area contributed by atoms with Crippen LogP contribution in [0.4, 0.5) is 5.69 Å². The van der Waals surface area contributed by atoms with E-state index in [1.165, 1.54) is 0 Å². The fourth-order valence-corrected chi connectivity index (χ4v) is 2.96. The summed E-state index contributed by atoms with van der Waals surface area (Å²) < 4.78 is 6.86. The minimum atomic E-state index is -0.565. The number of anilines is 1. The highest BCUT2D eigenvalue weighted by molar-refractivity contribution is 5.96. The van der Waals surface area contributed by atoms with Gasteiger partial charge >= 0.3 is 5.97 Å². The molecule has 8 heteroatoms. The molecule has 1 aromatic heterocycles. The van der Waals surface area contributed by atoms with E-state index < -0.39 is 12.1 Å². The monoisotopic (exact) mass is 349 g/mol. The van der Waals surface area contributed by atoms with Crippen LogP contribution in [0.2, 0.25) is 0 Å². The number of ether oxygens (including phenoxy) is 1. The molecule has 2 aromatic carbocycles. The van der Waals surface area contributed by atoms with Gasteiger partial charge in [-0.05, 0) is 28.6 Å². The third-order valence-electron chi connectivity index (χ3n) is 4.17. The van der Waals surface area contributed by atoms with Gasteiger partial charge in [-0.15, -0.1) is 5.10 Å². The molecular weight excluding hydrogens is 334 g/mol. The van der Waals surface area contributed by atoms with Gasteiger partial charge in [-0.3, -0.25) is 4.79 Å². The number of carbonyl (C=O) groups excluding carboxylic acids is 2. The summed E-state index contributed by atoms with van der Waals surface area (Å²) in [5.41, 5.74) is 2.66. The van der Waals surface area contributed by atoms with Crippen molar-refractivity contribution in [1.29, 1.82) is 0 Å². The molecule has 1 atom stereocenters. The number of nitrogens with zero attached hydrogens (tertiary/aromatic N) is 4. The maximum atomic E-state index is 12.4. The Bertz CT molecular complexity index is 998. The molecule has 1 aliphatic rings. The van der Waals surface area contributed by atoms with Crippen LogP contribution in [0.15, 0.2) is 48.5 Å². The maximum Gasteiger partial charge on any atom is 0.339 e. The Kier molecular flexibility index (Phi) is 3.92. The smallest absolute Gasteiger partial charge is 0.339 e. The van der Waals surface area contributed by atoms with Gasteiger partial charge in [-0.1, -0.05) is 30.3 Å². The standard InChI is InChI=1S/C18H15N5O3/c1-23-17(20-21-22-23)11-5-4-6-12(9-11)19-16(24)10-15-13-7-2-3-8-14(13)18(25)26-15/h2-9,15H,10H2,1H3,(H,19,24)/t15-/m1/s1. The van der Waals surface area contributed by atoms with Crippen molar-refractivity contribution < 1.29 is 14.3 Å². The van der Waals surface area contributed by atoms with Crippen molar-refractivity contribution in [3.63, 3.8) is 0 Å². The molecule has 4 rings (SSSR count). The second-order valence-corrected chi connectivity index (χ2v) is 5.94. The first kappa shape index (κ1) is 15.9. The first-order valence-electron chi connectivity index (χ1n) is 8.04. The Morgan fingerprint density at radius 3 is 2.88 bits per heavy atom. The van der Waals surface area contributed by atoms with Crippen LogP contribution >= 0.6 is 0 Å². The van der Waals surface area contributed by atoms with E-state index in [0.717, 1.165) is 11.1 Å². The van der Waals surface area contributed by atoms with Crippen molar-refractivity contribution in [3.05, 3.63) is 59.7 Å². The summed E-state index contributed by atoms with van der Waals surface area (Å²) in [6.07, 6.45) is -0.511. The zero-order valence-electron chi connectivity index (χ0n) is 13.9. The van der Waals surface area contributed by atoms with Crippen molar-refractivity contribution in [2.24, 2.45) is 7.05 Å². The fourth-order valence-electron chi connectivity index (χ4n) is 2.96. The third-order valence-corrected chi connectivity index (χ3v) is 4.17. The summed E-state index contributed by atoms with van der Waals surface area (Å²) in [6.45, 7) is 0. The molecule has 3 aromatic rings. The van der Waals surface area contributed by atoms with E-state index in [0.29, 0.717) is 17.1 Å². The average Bonchev–Trinajstić information content (AvgIpc) is 3.19. The fraction of sp³-hybridized carbons (Fsp3) is 0.167. The quantitative estimate of drug-likeness (QED) is 0.724. The molecule has 0 radical (unpaired) electrons. The molecule has 0 bridgehead atoms. The van der Waals surface area contributed by atoms with Crippen molar-refractivity contribution in [1.82, 2.24) is 20.2 Å². The number of amides is 1. The van der Waals surface area contributed by atoms with Gasteiger partial charge in [-0.2, -0.15) is 0 Å². The number of aryl methyl sites for hydroxylation is 1. The van der Waals surface area contributed by atoms with Gasteiger partial charge in [0.1, 0.15) is 6.10 Å². The first-order chi connectivity index (χ1) is 12.6. The van der Waals surface area contributed by atoms with Gasteiger partial charge in [-0.25, -0.2) is 9.48 Å². The summed E-state index contributed by atoms with van der Waals surface area (Å²) >= 11 is 0. The molecule has 130 valence electrons. The van der Waals surface area contributed by atoms with Crippen LogP contribution in [-0.4, -0.2) is 32.1 Å². The number of fused-ring (bicyclic) bond motifs is 1. The molecule has 0 fully saturated rings. The number of rotatable bonds is 4. The Labute approximate surface area is 148 Å². The molecule has 0 unspecified atom stereocenters. The predicted octanol–water partition coefficient (Wildman–Crippen LogP) is 2.12. The molecule has 0 aliphatic carbocycles. The Morgan fingerprint density at radius 1 is 1.23 bits per heavy atom. The van der Waals surface area contributed by atoms with Crippen LogP contribution in [0, 0.1) is 0 Å². The number of nitrogens with one attached hydrogen (secondary N) is 1. The number of cyclic esters (lactones) is 1. The van der Waals surface area contributed by atoms with Crippen LogP contribution < -0.4 is 5.32 Å². The minimum absolute atomic E-state index is 0.0541. The van der Waals surface area contributed by atoms with Crippen molar-refractivity contribution in [2.75, 3.05) is 5.32 Å². The topological polar surface area (TPSA) is 99.0 Å². The lowest BCUT2D eigenvalue weighted by molar-refractivity contribution is -0.118. The van der Waals surface area contributed by atoms with Gasteiger partial charge in [0.2, 0.25) is 5.91 Å². The number of benzene rings is 2. The van der Waals surface area contributed by atoms with Crippen LogP contribution in [0.25, 0.3) is 11.4 Å². The van der Waals surface area contributed by atoms with Gasteiger partial charge in [0, 0.05) is 23.9 Å². The zero-order chi connectivity index (χ0) is 18.1. The molecule has 0 saturated carbocycles. The largest absolute Gasteiger partial charge is 0.453 e. The highest BCUT2D eigenvalue weighted by atomic mass is 16.5. The molecule has 1 aliphatic heterocycles. The van der Waals surface area contributed by atoms with Crippen molar-refractivity contribution in [3.8, 4) is 11.4 Å². The van der Waals surface area contributed by atoms with Gasteiger partial charge < -0.3 is 10.1 Å². The maximum absolute atomic E-state index is 12.4. The second kappa shape index (κ2) is 6.40.